The number of nitro groups is 1. The number of aromatic nitrogens is 1. The molecular weight excluding hydrogens is 224 g/mol. The van der Waals surface area contributed by atoms with Crippen LogP contribution in [0.3, 0.4) is 0 Å². The first-order valence-electron chi connectivity index (χ1n) is 4.76. The second-order valence-corrected chi connectivity index (χ2v) is 3.29. The van der Waals surface area contributed by atoms with Crippen LogP contribution in [0, 0.1) is 10.1 Å². The molecule has 0 fully saturated rings. The molecule has 86 valence electrons. The van der Waals surface area contributed by atoms with Gasteiger partial charge in [0.15, 0.2) is 0 Å². The normalized spacial score (nSPS) is 10.2. The molecule has 0 spiro atoms. The smallest absolute Gasteiger partial charge is 0.356 e. The lowest BCUT2D eigenvalue weighted by atomic mass is 10.2. The van der Waals surface area contributed by atoms with Gasteiger partial charge in [-0.1, -0.05) is 18.2 Å². The predicted octanol–water partition coefficient (Wildman–Crippen LogP) is 1.93. The zero-order valence-corrected chi connectivity index (χ0v) is 8.91. The number of hydrogen-bond acceptors (Lipinski definition) is 5. The number of non-ortho nitro benzene ring substituents is 1. The highest BCUT2D eigenvalue weighted by atomic mass is 16.6. The number of esters is 1. The van der Waals surface area contributed by atoms with E-state index in [0.29, 0.717) is 5.39 Å². The summed E-state index contributed by atoms with van der Waals surface area (Å²) in [5.74, 6) is -0.620. The Morgan fingerprint density at radius 3 is 2.76 bits per heavy atom. The lowest BCUT2D eigenvalue weighted by Crippen LogP contribution is -2.04. The Morgan fingerprint density at radius 2 is 2.12 bits per heavy atom. The van der Waals surface area contributed by atoms with Crippen molar-refractivity contribution in [3.8, 4) is 0 Å². The summed E-state index contributed by atoms with van der Waals surface area (Å²) >= 11 is 0. The second-order valence-electron chi connectivity index (χ2n) is 3.29. The molecule has 0 aliphatic rings. The number of nitro benzene ring substituents is 1. The molecule has 0 saturated heterocycles. The first kappa shape index (κ1) is 11.0. The second kappa shape index (κ2) is 4.17. The number of carbonyl (C=O) groups is 1. The summed E-state index contributed by atoms with van der Waals surface area (Å²) in [7, 11) is 1.23. The van der Waals surface area contributed by atoms with Gasteiger partial charge >= 0.3 is 5.97 Å². The van der Waals surface area contributed by atoms with Gasteiger partial charge in [0.05, 0.1) is 12.0 Å². The van der Waals surface area contributed by atoms with E-state index in [1.165, 1.54) is 19.2 Å². The zero-order chi connectivity index (χ0) is 12.4. The van der Waals surface area contributed by atoms with E-state index in [4.69, 9.17) is 0 Å². The van der Waals surface area contributed by atoms with Crippen LogP contribution in [0.2, 0.25) is 0 Å². The van der Waals surface area contributed by atoms with Gasteiger partial charge in [0.1, 0.15) is 11.2 Å². The van der Waals surface area contributed by atoms with Crippen molar-refractivity contribution in [1.29, 1.82) is 0 Å². The molecule has 0 radical (unpaired) electrons. The summed E-state index contributed by atoms with van der Waals surface area (Å²) in [4.78, 5) is 25.5. The maximum absolute atomic E-state index is 11.3. The molecule has 2 rings (SSSR count). The highest BCUT2D eigenvalue weighted by Gasteiger charge is 2.15. The number of pyridine rings is 1. The average molecular weight is 232 g/mol. The Labute approximate surface area is 96.0 Å². The average Bonchev–Trinajstić information content (AvgIpc) is 2.36. The molecule has 0 unspecified atom stereocenters. The van der Waals surface area contributed by atoms with E-state index in [9.17, 15) is 14.9 Å². The van der Waals surface area contributed by atoms with E-state index in [0.717, 1.165) is 0 Å². The van der Waals surface area contributed by atoms with Crippen LogP contribution in [0.15, 0.2) is 30.3 Å². The van der Waals surface area contributed by atoms with Crippen molar-refractivity contribution < 1.29 is 14.5 Å². The Hall–Kier alpha value is -2.50. The third kappa shape index (κ3) is 1.92. The van der Waals surface area contributed by atoms with E-state index < -0.39 is 10.9 Å². The van der Waals surface area contributed by atoms with Crippen LogP contribution in [0.1, 0.15) is 10.5 Å². The Bertz CT molecular complexity index is 609. The van der Waals surface area contributed by atoms with E-state index in [1.54, 1.807) is 18.2 Å². The minimum Gasteiger partial charge on any atom is -0.464 e. The molecule has 17 heavy (non-hydrogen) atoms. The third-order valence-electron chi connectivity index (χ3n) is 2.29. The molecule has 0 N–H and O–H groups in total. The topological polar surface area (TPSA) is 82.3 Å². The van der Waals surface area contributed by atoms with E-state index in [1.807, 2.05) is 0 Å². The van der Waals surface area contributed by atoms with Crippen LogP contribution in [-0.4, -0.2) is 23.0 Å². The maximum atomic E-state index is 11.3. The maximum Gasteiger partial charge on any atom is 0.356 e. The molecule has 1 aromatic carbocycles. The van der Waals surface area contributed by atoms with Gasteiger partial charge in [0, 0.05) is 11.5 Å². The van der Waals surface area contributed by atoms with Gasteiger partial charge in [-0.3, -0.25) is 10.1 Å². The van der Waals surface area contributed by atoms with Crippen molar-refractivity contribution >= 4 is 22.6 Å². The van der Waals surface area contributed by atoms with Crippen molar-refractivity contribution in [2.24, 2.45) is 0 Å². The molecule has 0 saturated carbocycles. The number of methoxy groups -OCH3 is 1. The fourth-order valence-electron chi connectivity index (χ4n) is 1.50. The zero-order valence-electron chi connectivity index (χ0n) is 8.91. The summed E-state index contributed by atoms with van der Waals surface area (Å²) in [6.07, 6.45) is 0. The molecule has 2 aromatic rings. The van der Waals surface area contributed by atoms with Crippen molar-refractivity contribution in [2.75, 3.05) is 7.11 Å². The molecule has 0 amide bonds. The molecule has 6 nitrogen and oxygen atoms in total. The number of para-hydroxylation sites is 1. The summed E-state index contributed by atoms with van der Waals surface area (Å²) < 4.78 is 4.51. The van der Waals surface area contributed by atoms with E-state index >= 15 is 0 Å². The third-order valence-corrected chi connectivity index (χ3v) is 2.29. The van der Waals surface area contributed by atoms with Crippen LogP contribution in [0.4, 0.5) is 5.69 Å². The van der Waals surface area contributed by atoms with Gasteiger partial charge in [-0.2, -0.15) is 0 Å². The van der Waals surface area contributed by atoms with Crippen molar-refractivity contribution in [3.63, 3.8) is 0 Å². The Morgan fingerprint density at radius 1 is 1.35 bits per heavy atom. The van der Waals surface area contributed by atoms with Crippen molar-refractivity contribution in [3.05, 3.63) is 46.1 Å². The molecule has 0 atom stereocenters. The molecular formula is C11H8N2O4. The SMILES string of the molecule is COC(=O)c1ccc2cccc([N+](=O)[O-])c2n1. The van der Waals surface area contributed by atoms with Gasteiger partial charge < -0.3 is 4.74 Å². The Balaban J connectivity index is 2.70. The first-order valence-corrected chi connectivity index (χ1v) is 4.76. The summed E-state index contributed by atoms with van der Waals surface area (Å²) in [6, 6.07) is 7.67. The quantitative estimate of drug-likeness (QED) is 0.448. The molecule has 6 heteroatoms. The van der Waals surface area contributed by atoms with Crippen LogP contribution in [0.5, 0.6) is 0 Å². The lowest BCUT2D eigenvalue weighted by molar-refractivity contribution is -0.383. The van der Waals surface area contributed by atoms with E-state index in [2.05, 4.69) is 9.72 Å². The van der Waals surface area contributed by atoms with Gasteiger partial charge in [-0.15, -0.1) is 0 Å². The number of benzene rings is 1. The molecule has 1 aromatic heterocycles. The van der Waals surface area contributed by atoms with Crippen LogP contribution in [-0.2, 0) is 4.74 Å². The van der Waals surface area contributed by atoms with Crippen LogP contribution >= 0.6 is 0 Å². The number of hydrogen-bond donors (Lipinski definition) is 0. The monoisotopic (exact) mass is 232 g/mol. The minimum absolute atomic E-state index is 0.0503. The minimum atomic E-state index is -0.620. The lowest BCUT2D eigenvalue weighted by Gasteiger charge is -2.01. The molecule has 0 aliphatic carbocycles. The largest absolute Gasteiger partial charge is 0.464 e. The first-order chi connectivity index (χ1) is 8.13. The number of rotatable bonds is 2. The summed E-state index contributed by atoms with van der Waals surface area (Å²) in [5, 5.41) is 11.4. The van der Waals surface area contributed by atoms with Gasteiger partial charge in [0.2, 0.25) is 0 Å². The number of carbonyl (C=O) groups excluding carboxylic acids is 1. The van der Waals surface area contributed by atoms with Crippen molar-refractivity contribution in [1.82, 2.24) is 4.98 Å². The number of fused-ring (bicyclic) bond motifs is 1. The van der Waals surface area contributed by atoms with Gasteiger partial charge in [-0.25, -0.2) is 9.78 Å². The summed E-state index contributed by atoms with van der Waals surface area (Å²) in [5.41, 5.74) is 0.1000. The van der Waals surface area contributed by atoms with Gasteiger partial charge in [-0.05, 0) is 6.07 Å². The number of nitrogens with zero attached hydrogens (tertiary/aromatic N) is 2. The van der Waals surface area contributed by atoms with Crippen LogP contribution < -0.4 is 0 Å². The molecule has 1 heterocycles. The standard InChI is InChI=1S/C11H8N2O4/c1-17-11(14)8-6-5-7-3-2-4-9(13(15)16)10(7)12-8/h2-6H,1H3. The molecule has 0 aliphatic heterocycles. The fraction of sp³-hybridized carbons (Fsp3) is 0.0909. The van der Waals surface area contributed by atoms with Crippen molar-refractivity contribution in [2.45, 2.75) is 0 Å². The van der Waals surface area contributed by atoms with E-state index in [-0.39, 0.29) is 16.9 Å². The molecule has 0 bridgehead atoms. The predicted molar refractivity (Wildman–Crippen MR) is 59.7 cm³/mol. The number of ether oxygens (including phenoxy) is 1. The fourth-order valence-corrected chi connectivity index (χ4v) is 1.50. The highest BCUT2D eigenvalue weighted by Crippen LogP contribution is 2.23. The van der Waals surface area contributed by atoms with Crippen LogP contribution in [0.25, 0.3) is 10.9 Å². The highest BCUT2D eigenvalue weighted by molar-refractivity contribution is 5.93. The summed E-state index contributed by atoms with van der Waals surface area (Å²) in [6.45, 7) is 0. The van der Waals surface area contributed by atoms with Gasteiger partial charge in [0.25, 0.3) is 5.69 Å². The Kier molecular flexibility index (Phi) is 2.70.